The zero-order valence-electron chi connectivity index (χ0n) is 18.4. The van der Waals surface area contributed by atoms with Gasteiger partial charge >= 0.3 is 0 Å². The molecule has 0 amide bonds. The molecular weight excluding hydrogens is 395 g/mol. The van der Waals surface area contributed by atoms with Gasteiger partial charge in [0.05, 0.1) is 0 Å². The third-order valence-electron chi connectivity index (χ3n) is 6.27. The number of piperidine rings is 1. The van der Waals surface area contributed by atoms with Crippen LogP contribution in [0.4, 0.5) is 5.82 Å². The third-order valence-corrected chi connectivity index (χ3v) is 6.27. The molecule has 160 valence electrons. The van der Waals surface area contributed by atoms with Crippen molar-refractivity contribution >= 4 is 29.9 Å². The van der Waals surface area contributed by atoms with Gasteiger partial charge in [0, 0.05) is 43.8 Å². The Morgan fingerprint density at radius 1 is 0.969 bits per heavy atom. The molecule has 0 radical (unpaired) electrons. The smallest absolute Gasteiger partial charge is 0.297 e. The first kappa shape index (κ1) is 20.5. The van der Waals surface area contributed by atoms with Gasteiger partial charge in [0.1, 0.15) is 7.85 Å². The number of nitrogens with one attached hydrogen (secondary N) is 1. The number of fused-ring (bicyclic) bond motifs is 1. The Balaban J connectivity index is 1.22. The topological polar surface area (TPSA) is 50.2 Å². The van der Waals surface area contributed by atoms with Crippen LogP contribution in [0.2, 0.25) is 0 Å². The van der Waals surface area contributed by atoms with E-state index in [1.54, 1.807) is 17.0 Å². The molecule has 0 aliphatic carbocycles. The first-order valence-corrected chi connectivity index (χ1v) is 11.3. The number of nitrogens with zero attached hydrogens (tertiary/aromatic N) is 3. The number of hydrogen-bond donors (Lipinski definition) is 1. The van der Waals surface area contributed by atoms with E-state index in [0.29, 0.717) is 5.82 Å². The molecular formula is C26H27BN4O. The lowest BCUT2D eigenvalue weighted by molar-refractivity contribution is 0.211. The molecule has 32 heavy (non-hydrogen) atoms. The minimum atomic E-state index is -0.100. The molecule has 0 unspecified atom stereocenters. The van der Waals surface area contributed by atoms with Crippen molar-refractivity contribution in [1.29, 1.82) is 0 Å². The average molecular weight is 422 g/mol. The summed E-state index contributed by atoms with van der Waals surface area (Å²) >= 11 is 0. The van der Waals surface area contributed by atoms with Crippen molar-refractivity contribution in [3.63, 3.8) is 0 Å². The standard InChI is InChI=1S/C26H27BN4O/c27-22-6-3-7-24(17-22)31-15-12-28-25(26(31)32)29-23-10-13-30(14-11-23)18-19-8-9-20-4-1-2-5-21(20)16-19/h1-9,12,15-17,23H,10-11,13-14,18,27H2,(H,28,29). The highest BCUT2D eigenvalue weighted by molar-refractivity contribution is 6.32. The first-order chi connectivity index (χ1) is 15.7. The number of rotatable bonds is 5. The van der Waals surface area contributed by atoms with Crippen molar-refractivity contribution in [2.75, 3.05) is 18.4 Å². The maximum atomic E-state index is 13.0. The highest BCUT2D eigenvalue weighted by Crippen LogP contribution is 2.20. The largest absolute Gasteiger partial charge is 0.363 e. The van der Waals surface area contributed by atoms with Gasteiger partial charge in [-0.3, -0.25) is 14.3 Å². The van der Waals surface area contributed by atoms with Crippen molar-refractivity contribution in [1.82, 2.24) is 14.5 Å². The molecule has 0 atom stereocenters. The summed E-state index contributed by atoms with van der Waals surface area (Å²) in [5, 5.41) is 5.99. The van der Waals surface area contributed by atoms with Crippen molar-refractivity contribution in [2.45, 2.75) is 25.4 Å². The summed E-state index contributed by atoms with van der Waals surface area (Å²) in [4.78, 5) is 19.8. The molecule has 1 aliphatic heterocycles. The van der Waals surface area contributed by atoms with Gasteiger partial charge in [0.25, 0.3) is 5.56 Å². The Bertz CT molecular complexity index is 1290. The monoisotopic (exact) mass is 422 g/mol. The predicted octanol–water partition coefficient (Wildman–Crippen LogP) is 2.72. The quantitative estimate of drug-likeness (QED) is 0.503. The number of aromatic nitrogens is 2. The Morgan fingerprint density at radius 2 is 1.78 bits per heavy atom. The van der Waals surface area contributed by atoms with Crippen molar-refractivity contribution in [3.8, 4) is 5.69 Å². The summed E-state index contributed by atoms with van der Waals surface area (Å²) < 4.78 is 1.66. The molecule has 0 bridgehead atoms. The van der Waals surface area contributed by atoms with Crippen LogP contribution in [-0.4, -0.2) is 41.4 Å². The van der Waals surface area contributed by atoms with Gasteiger partial charge in [-0.1, -0.05) is 54.0 Å². The third kappa shape index (κ3) is 4.46. The molecule has 2 heterocycles. The SMILES string of the molecule is Bc1cccc(-n2ccnc(NC3CCN(Cc4ccc5ccccc5c4)CC3)c2=O)c1. The van der Waals surface area contributed by atoms with E-state index >= 15 is 0 Å². The summed E-state index contributed by atoms with van der Waals surface area (Å²) in [7, 11) is 2.03. The maximum Gasteiger partial charge on any atom is 0.297 e. The van der Waals surface area contributed by atoms with Crippen LogP contribution in [0.3, 0.4) is 0 Å². The van der Waals surface area contributed by atoms with Crippen LogP contribution in [0, 0.1) is 0 Å². The molecule has 4 aromatic rings. The zero-order valence-corrected chi connectivity index (χ0v) is 18.4. The van der Waals surface area contributed by atoms with Crippen molar-refractivity contribution in [2.24, 2.45) is 0 Å². The van der Waals surface area contributed by atoms with Gasteiger partial charge in [-0.05, 0) is 47.4 Å². The molecule has 1 aliphatic rings. The van der Waals surface area contributed by atoms with Crippen LogP contribution >= 0.6 is 0 Å². The van der Waals surface area contributed by atoms with Crippen LogP contribution < -0.4 is 16.3 Å². The van der Waals surface area contributed by atoms with E-state index in [2.05, 4.69) is 57.7 Å². The second-order valence-electron chi connectivity index (χ2n) is 8.67. The molecule has 1 aromatic heterocycles. The molecule has 1 N–H and O–H groups in total. The fourth-order valence-corrected chi connectivity index (χ4v) is 4.52. The van der Waals surface area contributed by atoms with Crippen molar-refractivity contribution < 1.29 is 0 Å². The van der Waals surface area contributed by atoms with Gasteiger partial charge in [-0.25, -0.2) is 4.98 Å². The molecule has 5 rings (SSSR count). The molecule has 0 saturated carbocycles. The summed E-state index contributed by atoms with van der Waals surface area (Å²) in [6.45, 7) is 2.97. The predicted molar refractivity (Wildman–Crippen MR) is 134 cm³/mol. The van der Waals surface area contributed by atoms with Gasteiger partial charge < -0.3 is 5.32 Å². The maximum absolute atomic E-state index is 13.0. The van der Waals surface area contributed by atoms with E-state index in [9.17, 15) is 4.79 Å². The van der Waals surface area contributed by atoms with Crippen LogP contribution in [0.1, 0.15) is 18.4 Å². The van der Waals surface area contributed by atoms with E-state index in [1.807, 2.05) is 32.1 Å². The average Bonchev–Trinajstić information content (AvgIpc) is 2.81. The summed E-state index contributed by atoms with van der Waals surface area (Å²) in [5.41, 5.74) is 3.24. The van der Waals surface area contributed by atoms with Gasteiger partial charge in [0.2, 0.25) is 0 Å². The fourth-order valence-electron chi connectivity index (χ4n) is 4.52. The lowest BCUT2D eigenvalue weighted by Gasteiger charge is -2.32. The minimum absolute atomic E-state index is 0.100. The molecule has 1 fully saturated rings. The van der Waals surface area contributed by atoms with E-state index < -0.39 is 0 Å². The number of anilines is 1. The number of hydrogen-bond acceptors (Lipinski definition) is 4. The van der Waals surface area contributed by atoms with Crippen LogP contribution in [0.25, 0.3) is 16.5 Å². The van der Waals surface area contributed by atoms with Crippen molar-refractivity contribution in [3.05, 3.63) is 95.0 Å². The van der Waals surface area contributed by atoms with E-state index in [-0.39, 0.29) is 11.6 Å². The van der Waals surface area contributed by atoms with E-state index in [0.717, 1.165) is 43.6 Å². The van der Waals surface area contributed by atoms with Crippen LogP contribution in [-0.2, 0) is 6.54 Å². The highest BCUT2D eigenvalue weighted by Gasteiger charge is 2.21. The van der Waals surface area contributed by atoms with Gasteiger partial charge in [-0.15, -0.1) is 0 Å². The van der Waals surface area contributed by atoms with Crippen LogP contribution in [0.5, 0.6) is 0 Å². The van der Waals surface area contributed by atoms with E-state index in [4.69, 9.17) is 0 Å². The second kappa shape index (κ2) is 9.01. The Morgan fingerprint density at radius 3 is 2.59 bits per heavy atom. The normalized spacial score (nSPS) is 15.1. The molecule has 6 heteroatoms. The van der Waals surface area contributed by atoms with Crippen LogP contribution in [0.15, 0.2) is 83.9 Å². The molecule has 3 aromatic carbocycles. The summed E-state index contributed by atoms with van der Waals surface area (Å²) in [6, 6.07) is 23.4. The summed E-state index contributed by atoms with van der Waals surface area (Å²) in [6.07, 6.45) is 5.41. The number of likely N-dealkylation sites (tertiary alicyclic amines) is 1. The fraction of sp³-hybridized carbons (Fsp3) is 0.231. The Labute approximate surface area is 189 Å². The first-order valence-electron chi connectivity index (χ1n) is 11.3. The highest BCUT2D eigenvalue weighted by atomic mass is 16.1. The molecule has 1 saturated heterocycles. The summed E-state index contributed by atoms with van der Waals surface area (Å²) in [5.74, 6) is 0.432. The lowest BCUT2D eigenvalue weighted by atomic mass is 9.96. The molecule has 0 spiro atoms. The molecule has 5 nitrogen and oxygen atoms in total. The zero-order chi connectivity index (χ0) is 21.9. The van der Waals surface area contributed by atoms with Gasteiger partial charge in [0.15, 0.2) is 5.82 Å². The minimum Gasteiger partial charge on any atom is -0.363 e. The second-order valence-corrected chi connectivity index (χ2v) is 8.67. The Hall–Kier alpha value is -3.38. The Kier molecular flexibility index (Phi) is 5.78. The number of benzene rings is 3. The lowest BCUT2D eigenvalue weighted by Crippen LogP contribution is -2.40. The van der Waals surface area contributed by atoms with Gasteiger partial charge in [-0.2, -0.15) is 0 Å². The van der Waals surface area contributed by atoms with E-state index in [1.165, 1.54) is 16.3 Å².